The van der Waals surface area contributed by atoms with E-state index in [2.05, 4.69) is 15.3 Å². The van der Waals surface area contributed by atoms with Crippen LogP contribution >= 0.6 is 45.9 Å². The molecule has 0 unspecified atom stereocenters. The van der Waals surface area contributed by atoms with E-state index in [-0.39, 0.29) is 6.04 Å². The van der Waals surface area contributed by atoms with E-state index in [1.54, 1.807) is 28.9 Å². The van der Waals surface area contributed by atoms with Crippen LogP contribution in [0.1, 0.15) is 16.8 Å². The van der Waals surface area contributed by atoms with Gasteiger partial charge in [0.25, 0.3) is 0 Å². The number of rotatable bonds is 5. The number of anilines is 1. The predicted molar refractivity (Wildman–Crippen MR) is 96.4 cm³/mol. The third kappa shape index (κ3) is 3.36. The van der Waals surface area contributed by atoms with E-state index in [0.717, 1.165) is 32.2 Å². The molecule has 0 amide bonds. The maximum atomic E-state index is 6.44. The summed E-state index contributed by atoms with van der Waals surface area (Å²) in [5.74, 6) is 0. The van der Waals surface area contributed by atoms with Gasteiger partial charge in [-0.15, -0.1) is 22.7 Å². The number of fused-ring (bicyclic) bond motifs is 1. The zero-order valence-electron chi connectivity index (χ0n) is 11.8. The SMILES string of the molecule is C[C@H](N)Cc1sc2c(NCc3nccs3)cc(Cl)nc2c1Cl. The molecule has 8 heteroatoms. The van der Waals surface area contributed by atoms with Crippen molar-refractivity contribution in [2.24, 2.45) is 5.73 Å². The first-order chi connectivity index (χ1) is 10.5. The lowest BCUT2D eigenvalue weighted by Gasteiger charge is -2.06. The van der Waals surface area contributed by atoms with Crippen molar-refractivity contribution in [3.8, 4) is 0 Å². The number of hydrogen-bond donors (Lipinski definition) is 2. The second kappa shape index (κ2) is 6.68. The van der Waals surface area contributed by atoms with Crippen LogP contribution in [0.5, 0.6) is 0 Å². The van der Waals surface area contributed by atoms with Crippen molar-refractivity contribution in [1.82, 2.24) is 9.97 Å². The Hall–Kier alpha value is -0.920. The summed E-state index contributed by atoms with van der Waals surface area (Å²) in [4.78, 5) is 9.66. The Morgan fingerprint density at radius 2 is 2.23 bits per heavy atom. The van der Waals surface area contributed by atoms with Gasteiger partial charge in [0.15, 0.2) is 0 Å². The van der Waals surface area contributed by atoms with Crippen LogP contribution in [0, 0.1) is 0 Å². The van der Waals surface area contributed by atoms with E-state index < -0.39 is 0 Å². The smallest absolute Gasteiger partial charge is 0.131 e. The van der Waals surface area contributed by atoms with E-state index in [0.29, 0.717) is 16.7 Å². The predicted octanol–water partition coefficient (Wildman–Crippen LogP) is 4.56. The number of pyridine rings is 1. The molecule has 0 saturated heterocycles. The van der Waals surface area contributed by atoms with Gasteiger partial charge >= 0.3 is 0 Å². The molecule has 4 nitrogen and oxygen atoms in total. The summed E-state index contributed by atoms with van der Waals surface area (Å²) in [6, 6.07) is 1.87. The highest BCUT2D eigenvalue weighted by Gasteiger charge is 2.17. The first-order valence-corrected chi connectivity index (χ1v) is 9.15. The van der Waals surface area contributed by atoms with Crippen molar-refractivity contribution in [2.45, 2.75) is 25.9 Å². The zero-order chi connectivity index (χ0) is 15.7. The lowest BCUT2D eigenvalue weighted by atomic mass is 10.2. The fraction of sp³-hybridized carbons (Fsp3) is 0.286. The van der Waals surface area contributed by atoms with Crippen LogP contribution in [0.15, 0.2) is 17.6 Å². The van der Waals surface area contributed by atoms with Crippen LogP contribution in [0.3, 0.4) is 0 Å². The van der Waals surface area contributed by atoms with Gasteiger partial charge in [-0.2, -0.15) is 0 Å². The monoisotopic (exact) mass is 372 g/mol. The number of thiophene rings is 1. The van der Waals surface area contributed by atoms with Crippen molar-refractivity contribution in [2.75, 3.05) is 5.32 Å². The van der Waals surface area contributed by atoms with Gasteiger partial charge in [-0.3, -0.25) is 0 Å². The van der Waals surface area contributed by atoms with Gasteiger partial charge in [0, 0.05) is 28.6 Å². The minimum atomic E-state index is 0.0489. The zero-order valence-corrected chi connectivity index (χ0v) is 14.9. The molecule has 0 bridgehead atoms. The topological polar surface area (TPSA) is 63.8 Å². The quantitative estimate of drug-likeness (QED) is 0.644. The summed E-state index contributed by atoms with van der Waals surface area (Å²) in [7, 11) is 0. The van der Waals surface area contributed by atoms with Gasteiger partial charge in [-0.1, -0.05) is 23.2 Å². The average molecular weight is 373 g/mol. The Bertz CT molecular complexity index is 784. The maximum absolute atomic E-state index is 6.44. The number of hydrogen-bond acceptors (Lipinski definition) is 6. The maximum Gasteiger partial charge on any atom is 0.131 e. The van der Waals surface area contributed by atoms with E-state index in [9.17, 15) is 0 Å². The second-order valence-corrected chi connectivity index (χ2v) is 7.82. The normalized spacial score (nSPS) is 12.7. The van der Waals surface area contributed by atoms with Gasteiger partial charge in [-0.25, -0.2) is 9.97 Å². The summed E-state index contributed by atoms with van der Waals surface area (Å²) in [6.45, 7) is 2.61. The van der Waals surface area contributed by atoms with E-state index >= 15 is 0 Å². The molecule has 0 radical (unpaired) electrons. The first-order valence-electron chi connectivity index (χ1n) is 6.70. The third-order valence-corrected chi connectivity index (χ3v) is 5.77. The largest absolute Gasteiger partial charge is 0.377 e. The summed E-state index contributed by atoms with van der Waals surface area (Å²) >= 11 is 15.8. The van der Waals surface area contributed by atoms with Crippen LogP contribution in [0.4, 0.5) is 5.69 Å². The molecule has 116 valence electrons. The van der Waals surface area contributed by atoms with Crippen LogP contribution < -0.4 is 11.1 Å². The lowest BCUT2D eigenvalue weighted by molar-refractivity contribution is 0.747. The standard InChI is InChI=1S/C14H14Cl2N4S2/c1-7(17)4-9-12(16)13-14(22-9)8(5-10(15)20-13)19-6-11-18-2-3-21-11/h2-3,5,7H,4,6,17H2,1H3,(H,19,20)/t7-/m0/s1. The van der Waals surface area contributed by atoms with Crippen LogP contribution in [0.2, 0.25) is 10.2 Å². The molecule has 22 heavy (non-hydrogen) atoms. The highest BCUT2D eigenvalue weighted by Crippen LogP contribution is 2.40. The molecule has 0 spiro atoms. The molecule has 3 heterocycles. The molecule has 0 fully saturated rings. The van der Waals surface area contributed by atoms with Crippen molar-refractivity contribution in [3.63, 3.8) is 0 Å². The average Bonchev–Trinajstić information content (AvgIpc) is 3.07. The number of halogens is 2. The highest BCUT2D eigenvalue weighted by molar-refractivity contribution is 7.20. The molecule has 3 N–H and O–H groups in total. The Labute approximate surface area is 146 Å². The molecule has 3 aromatic heterocycles. The minimum absolute atomic E-state index is 0.0489. The molecule has 0 saturated carbocycles. The molecular weight excluding hydrogens is 359 g/mol. The van der Waals surface area contributed by atoms with Crippen molar-refractivity contribution in [1.29, 1.82) is 0 Å². The summed E-state index contributed by atoms with van der Waals surface area (Å²) in [5.41, 5.74) is 7.54. The van der Waals surface area contributed by atoms with E-state index in [1.807, 2.05) is 18.4 Å². The molecule has 3 aromatic rings. The number of nitrogens with zero attached hydrogens (tertiary/aromatic N) is 2. The van der Waals surface area contributed by atoms with Crippen molar-refractivity contribution in [3.05, 3.63) is 37.7 Å². The Morgan fingerprint density at radius 1 is 1.41 bits per heavy atom. The van der Waals surface area contributed by atoms with E-state index in [4.69, 9.17) is 28.9 Å². The fourth-order valence-electron chi connectivity index (χ4n) is 2.12. The van der Waals surface area contributed by atoms with E-state index in [1.165, 1.54) is 0 Å². The summed E-state index contributed by atoms with van der Waals surface area (Å²) in [6.07, 6.45) is 2.52. The van der Waals surface area contributed by atoms with Crippen molar-refractivity contribution < 1.29 is 0 Å². The third-order valence-electron chi connectivity index (χ3n) is 3.04. The van der Waals surface area contributed by atoms with Gasteiger partial charge in [-0.05, 0) is 13.3 Å². The molecular formula is C14H14Cl2N4S2. The van der Waals surface area contributed by atoms with Gasteiger partial charge < -0.3 is 11.1 Å². The summed E-state index contributed by atoms with van der Waals surface area (Å²) < 4.78 is 1.00. The minimum Gasteiger partial charge on any atom is -0.377 e. The van der Waals surface area contributed by atoms with Crippen LogP contribution in [0.25, 0.3) is 10.2 Å². The number of thiazole rings is 1. The van der Waals surface area contributed by atoms with Crippen molar-refractivity contribution >= 4 is 61.8 Å². The summed E-state index contributed by atoms with van der Waals surface area (Å²) in [5, 5.41) is 7.40. The number of nitrogens with one attached hydrogen (secondary N) is 1. The molecule has 3 rings (SSSR count). The fourth-order valence-corrected chi connectivity index (χ4v) is 4.52. The van der Waals surface area contributed by atoms with Gasteiger partial charge in [0.05, 0.1) is 22.0 Å². The number of nitrogens with two attached hydrogens (primary N) is 1. The highest BCUT2D eigenvalue weighted by atomic mass is 35.5. The van der Waals surface area contributed by atoms with Crippen LogP contribution in [-0.2, 0) is 13.0 Å². The Morgan fingerprint density at radius 3 is 2.91 bits per heavy atom. The Balaban J connectivity index is 1.98. The number of aromatic nitrogens is 2. The Kier molecular flexibility index (Phi) is 4.84. The molecule has 1 atom stereocenters. The van der Waals surface area contributed by atoms with Gasteiger partial charge in [0.1, 0.15) is 15.7 Å². The second-order valence-electron chi connectivity index (χ2n) is 4.97. The van der Waals surface area contributed by atoms with Gasteiger partial charge in [0.2, 0.25) is 0 Å². The van der Waals surface area contributed by atoms with Crippen LogP contribution in [-0.4, -0.2) is 16.0 Å². The molecule has 0 aliphatic heterocycles. The lowest BCUT2D eigenvalue weighted by Crippen LogP contribution is -2.17. The molecule has 0 aliphatic carbocycles. The molecule has 0 aromatic carbocycles. The molecule has 0 aliphatic rings. The first kappa shape index (κ1) is 16.0.